The molecular formula is C11H12BrCl2NO2. The maximum atomic E-state index is 11.9. The van der Waals surface area contributed by atoms with Crippen LogP contribution in [0.25, 0.3) is 0 Å². The first-order valence-electron chi connectivity index (χ1n) is 4.89. The number of hydrogen-bond donors (Lipinski definition) is 1. The molecule has 1 amide bonds. The molecule has 6 heteroatoms. The van der Waals surface area contributed by atoms with Crippen molar-refractivity contribution in [3.8, 4) is 0 Å². The van der Waals surface area contributed by atoms with E-state index < -0.39 is 0 Å². The van der Waals surface area contributed by atoms with Crippen LogP contribution in [0.15, 0.2) is 22.7 Å². The fourth-order valence-electron chi connectivity index (χ4n) is 1.26. The first-order valence-corrected chi connectivity index (χ1v) is 6.59. The minimum absolute atomic E-state index is 0.228. The van der Waals surface area contributed by atoms with Gasteiger partial charge in [0.1, 0.15) is 0 Å². The van der Waals surface area contributed by atoms with E-state index >= 15 is 0 Å². The summed E-state index contributed by atoms with van der Waals surface area (Å²) in [5.41, 5.74) is 0.418. The molecule has 1 rings (SSSR count). The smallest absolute Gasteiger partial charge is 0.253 e. The van der Waals surface area contributed by atoms with Gasteiger partial charge in [0.2, 0.25) is 0 Å². The number of alkyl halides is 1. The highest BCUT2D eigenvalue weighted by atomic mass is 79.9. The zero-order valence-electron chi connectivity index (χ0n) is 9.17. The topological polar surface area (TPSA) is 38.3 Å². The summed E-state index contributed by atoms with van der Waals surface area (Å²) in [5, 5.41) is 3.14. The van der Waals surface area contributed by atoms with Crippen molar-refractivity contribution in [2.45, 2.75) is 6.04 Å². The van der Waals surface area contributed by atoms with E-state index in [-0.39, 0.29) is 17.8 Å². The fourth-order valence-corrected chi connectivity index (χ4v) is 2.19. The van der Waals surface area contributed by atoms with Crippen molar-refractivity contribution in [2.75, 3.05) is 19.6 Å². The number of nitrogens with one attached hydrogen (secondary N) is 1. The van der Waals surface area contributed by atoms with Gasteiger partial charge < -0.3 is 10.1 Å². The SMILES string of the molecule is COCC(CCl)NC(=O)c1ccc(Br)cc1Cl. The van der Waals surface area contributed by atoms with Crippen LogP contribution < -0.4 is 5.32 Å². The molecule has 0 aliphatic carbocycles. The van der Waals surface area contributed by atoms with Gasteiger partial charge >= 0.3 is 0 Å². The van der Waals surface area contributed by atoms with E-state index in [2.05, 4.69) is 21.2 Å². The molecule has 0 aromatic heterocycles. The highest BCUT2D eigenvalue weighted by molar-refractivity contribution is 9.10. The fraction of sp³-hybridized carbons (Fsp3) is 0.364. The van der Waals surface area contributed by atoms with Gasteiger partial charge in [-0.1, -0.05) is 27.5 Å². The average molecular weight is 341 g/mol. The predicted molar refractivity (Wildman–Crippen MR) is 73.0 cm³/mol. The first kappa shape index (κ1) is 14.8. The molecule has 0 aliphatic heterocycles. The average Bonchev–Trinajstić information content (AvgIpc) is 2.28. The highest BCUT2D eigenvalue weighted by Gasteiger charge is 2.15. The van der Waals surface area contributed by atoms with Crippen LogP contribution in [0.1, 0.15) is 10.4 Å². The minimum Gasteiger partial charge on any atom is -0.383 e. The van der Waals surface area contributed by atoms with Crippen LogP contribution in [-0.4, -0.2) is 31.5 Å². The van der Waals surface area contributed by atoms with Crippen LogP contribution in [0.3, 0.4) is 0 Å². The molecular weight excluding hydrogens is 329 g/mol. The number of halogens is 3. The Morgan fingerprint density at radius 1 is 1.59 bits per heavy atom. The van der Waals surface area contributed by atoms with Crippen molar-refractivity contribution in [1.82, 2.24) is 5.32 Å². The molecule has 94 valence electrons. The molecule has 1 atom stereocenters. The third-order valence-electron chi connectivity index (χ3n) is 2.07. The quantitative estimate of drug-likeness (QED) is 0.836. The molecule has 0 spiro atoms. The van der Waals surface area contributed by atoms with Crippen LogP contribution in [0, 0.1) is 0 Å². The minimum atomic E-state index is -0.259. The number of carbonyl (C=O) groups excluding carboxylic acids is 1. The first-order chi connectivity index (χ1) is 8.08. The lowest BCUT2D eigenvalue weighted by Crippen LogP contribution is -2.39. The summed E-state index contributed by atoms with van der Waals surface area (Å²) in [6.07, 6.45) is 0. The molecule has 0 heterocycles. The number of amides is 1. The van der Waals surface area contributed by atoms with E-state index in [1.165, 1.54) is 0 Å². The van der Waals surface area contributed by atoms with Gasteiger partial charge in [0, 0.05) is 17.5 Å². The lowest BCUT2D eigenvalue weighted by molar-refractivity contribution is 0.0907. The van der Waals surface area contributed by atoms with E-state index in [1.807, 2.05) is 0 Å². The summed E-state index contributed by atoms with van der Waals surface area (Å²) in [5.74, 6) is 0.0264. The Bertz CT molecular complexity index is 401. The van der Waals surface area contributed by atoms with Crippen molar-refractivity contribution in [3.63, 3.8) is 0 Å². The molecule has 1 aromatic carbocycles. The number of ether oxygens (including phenoxy) is 1. The molecule has 1 unspecified atom stereocenters. The van der Waals surface area contributed by atoms with Gasteiger partial charge in [0.05, 0.1) is 23.2 Å². The van der Waals surface area contributed by atoms with Gasteiger partial charge in [-0.3, -0.25) is 4.79 Å². The van der Waals surface area contributed by atoms with E-state index in [9.17, 15) is 4.79 Å². The Hall–Kier alpha value is -0.290. The van der Waals surface area contributed by atoms with Crippen LogP contribution in [0.5, 0.6) is 0 Å². The van der Waals surface area contributed by atoms with E-state index in [1.54, 1.807) is 25.3 Å². The summed E-state index contributed by atoms with van der Waals surface area (Å²) in [6, 6.07) is 4.85. The number of carbonyl (C=O) groups is 1. The Morgan fingerprint density at radius 2 is 2.29 bits per heavy atom. The summed E-state index contributed by atoms with van der Waals surface area (Å²) in [6.45, 7) is 0.364. The van der Waals surface area contributed by atoms with E-state index in [0.29, 0.717) is 17.2 Å². The van der Waals surface area contributed by atoms with Crippen molar-refractivity contribution >= 4 is 45.0 Å². The van der Waals surface area contributed by atoms with Gasteiger partial charge in [-0.2, -0.15) is 0 Å². The third kappa shape index (κ3) is 4.47. The van der Waals surface area contributed by atoms with Crippen molar-refractivity contribution in [2.24, 2.45) is 0 Å². The van der Waals surface area contributed by atoms with E-state index in [4.69, 9.17) is 27.9 Å². The second-order valence-electron chi connectivity index (χ2n) is 3.40. The molecule has 0 saturated carbocycles. The largest absolute Gasteiger partial charge is 0.383 e. The standard InChI is InChI=1S/C11H12BrCl2NO2/c1-17-6-8(5-13)15-11(16)9-3-2-7(12)4-10(9)14/h2-4,8H,5-6H2,1H3,(H,15,16). The molecule has 0 fully saturated rings. The number of hydrogen-bond acceptors (Lipinski definition) is 2. The summed E-state index contributed by atoms with van der Waals surface area (Å²) in [7, 11) is 1.55. The number of rotatable bonds is 5. The Balaban J connectivity index is 2.75. The zero-order chi connectivity index (χ0) is 12.8. The molecule has 0 aliphatic rings. The van der Waals surface area contributed by atoms with Gasteiger partial charge in [-0.25, -0.2) is 0 Å². The van der Waals surface area contributed by atoms with E-state index in [0.717, 1.165) is 4.47 Å². The highest BCUT2D eigenvalue weighted by Crippen LogP contribution is 2.21. The summed E-state index contributed by atoms with van der Waals surface area (Å²) in [4.78, 5) is 11.9. The number of benzene rings is 1. The number of methoxy groups -OCH3 is 1. The predicted octanol–water partition coefficient (Wildman–Crippen LogP) is 3.09. The monoisotopic (exact) mass is 339 g/mol. The normalized spacial score (nSPS) is 12.2. The van der Waals surface area contributed by atoms with Crippen molar-refractivity contribution in [3.05, 3.63) is 33.3 Å². The molecule has 0 bridgehead atoms. The molecule has 0 saturated heterocycles. The molecule has 17 heavy (non-hydrogen) atoms. The second-order valence-corrected chi connectivity index (χ2v) is 5.04. The lowest BCUT2D eigenvalue weighted by Gasteiger charge is -2.15. The van der Waals surface area contributed by atoms with Gasteiger partial charge in [0.15, 0.2) is 0 Å². The van der Waals surface area contributed by atoms with Crippen molar-refractivity contribution < 1.29 is 9.53 Å². The Morgan fingerprint density at radius 3 is 2.82 bits per heavy atom. The Kier molecular flexibility index (Phi) is 6.27. The van der Waals surface area contributed by atoms with Crippen molar-refractivity contribution in [1.29, 1.82) is 0 Å². The van der Waals surface area contributed by atoms with Gasteiger partial charge in [-0.15, -0.1) is 11.6 Å². The second kappa shape index (κ2) is 7.21. The third-order valence-corrected chi connectivity index (χ3v) is 3.24. The van der Waals surface area contributed by atoms with Gasteiger partial charge in [0.25, 0.3) is 5.91 Å². The summed E-state index contributed by atoms with van der Waals surface area (Å²) >= 11 is 15.0. The lowest BCUT2D eigenvalue weighted by atomic mass is 10.2. The maximum Gasteiger partial charge on any atom is 0.253 e. The van der Waals surface area contributed by atoms with Crippen LogP contribution in [-0.2, 0) is 4.74 Å². The zero-order valence-corrected chi connectivity index (χ0v) is 12.3. The maximum absolute atomic E-state index is 11.9. The molecule has 0 radical (unpaired) electrons. The van der Waals surface area contributed by atoms with Crippen LogP contribution in [0.2, 0.25) is 5.02 Å². The van der Waals surface area contributed by atoms with Gasteiger partial charge in [-0.05, 0) is 18.2 Å². The van der Waals surface area contributed by atoms with Crippen LogP contribution in [0.4, 0.5) is 0 Å². The Labute approximate surface area is 119 Å². The molecule has 3 nitrogen and oxygen atoms in total. The molecule has 1 aromatic rings. The molecule has 1 N–H and O–H groups in total. The summed E-state index contributed by atoms with van der Waals surface area (Å²) < 4.78 is 5.77. The van der Waals surface area contributed by atoms with Crippen LogP contribution >= 0.6 is 39.1 Å².